The van der Waals surface area contributed by atoms with Crippen molar-refractivity contribution in [3.8, 4) is 0 Å². The van der Waals surface area contributed by atoms with E-state index in [0.29, 0.717) is 6.54 Å². The number of benzene rings is 1. The molecule has 140 valence electrons. The number of anilines is 1. The molecule has 0 radical (unpaired) electrons. The Morgan fingerprint density at radius 2 is 2.00 bits per heavy atom. The molecule has 0 spiro atoms. The van der Waals surface area contributed by atoms with Gasteiger partial charge in [-0.3, -0.25) is 0 Å². The molecule has 1 fully saturated rings. The molecule has 2 unspecified atom stereocenters. The van der Waals surface area contributed by atoms with Gasteiger partial charge in [-0.1, -0.05) is 30.3 Å². The van der Waals surface area contributed by atoms with E-state index in [1.807, 2.05) is 48.0 Å². The number of aromatic nitrogens is 2. The van der Waals surface area contributed by atoms with Crippen LogP contribution in [-0.4, -0.2) is 55.4 Å². The Bertz CT molecular complexity index is 892. The summed E-state index contributed by atoms with van der Waals surface area (Å²) in [5.41, 5.74) is 1.88. The lowest BCUT2D eigenvalue weighted by molar-refractivity contribution is -0.141. The second kappa shape index (κ2) is 7.11. The van der Waals surface area contributed by atoms with Crippen molar-refractivity contribution in [1.82, 2.24) is 9.78 Å². The Morgan fingerprint density at radius 1 is 1.31 bits per heavy atom. The number of ether oxygens (including phenoxy) is 1. The molecule has 3 rings (SSSR count). The zero-order valence-electron chi connectivity index (χ0n) is 15.1. The third-order valence-electron chi connectivity index (χ3n) is 4.69. The van der Waals surface area contributed by atoms with Crippen molar-refractivity contribution in [3.05, 3.63) is 47.7 Å². The molecule has 1 aromatic heterocycles. The van der Waals surface area contributed by atoms with Gasteiger partial charge in [0.05, 0.1) is 24.6 Å². The molecule has 2 heterocycles. The van der Waals surface area contributed by atoms with Crippen molar-refractivity contribution in [2.24, 2.45) is 0 Å². The highest BCUT2D eigenvalue weighted by Crippen LogP contribution is 2.30. The van der Waals surface area contributed by atoms with Crippen LogP contribution in [0.1, 0.15) is 17.7 Å². The predicted molar refractivity (Wildman–Crippen MR) is 98.9 cm³/mol. The van der Waals surface area contributed by atoms with E-state index in [2.05, 4.69) is 5.10 Å². The van der Waals surface area contributed by atoms with Gasteiger partial charge in [0.1, 0.15) is 11.9 Å². The molecule has 1 saturated heterocycles. The van der Waals surface area contributed by atoms with Crippen LogP contribution in [0.4, 0.5) is 5.82 Å². The predicted octanol–water partition coefficient (Wildman–Crippen LogP) is 1.40. The molecule has 0 amide bonds. The summed E-state index contributed by atoms with van der Waals surface area (Å²) in [6.07, 6.45) is 1.43. The summed E-state index contributed by atoms with van der Waals surface area (Å²) in [5, 5.41) is 3.93. The molecule has 0 saturated carbocycles. The number of nitrogens with zero attached hydrogens (tertiary/aromatic N) is 3. The summed E-state index contributed by atoms with van der Waals surface area (Å²) in [4.78, 5) is 14.1. The van der Waals surface area contributed by atoms with Crippen LogP contribution < -0.4 is 4.90 Å². The van der Waals surface area contributed by atoms with E-state index in [-0.39, 0.29) is 13.0 Å². The molecule has 1 aromatic carbocycles. The van der Waals surface area contributed by atoms with Gasteiger partial charge in [-0.2, -0.15) is 5.10 Å². The minimum absolute atomic E-state index is 0.223. The Morgan fingerprint density at radius 3 is 2.62 bits per heavy atom. The Balaban J connectivity index is 1.96. The summed E-state index contributed by atoms with van der Waals surface area (Å²) in [7, 11) is -1.94. The highest BCUT2D eigenvalue weighted by Gasteiger charge is 2.43. The topological polar surface area (TPSA) is 81.5 Å². The van der Waals surface area contributed by atoms with Crippen LogP contribution in [0.25, 0.3) is 0 Å². The number of carbonyl (C=O) groups excluding carboxylic acids is 1. The van der Waals surface area contributed by atoms with Crippen molar-refractivity contribution in [1.29, 1.82) is 0 Å². The monoisotopic (exact) mass is 377 g/mol. The van der Waals surface area contributed by atoms with E-state index < -0.39 is 27.1 Å². The number of aryl methyl sites for hydroxylation is 1. The van der Waals surface area contributed by atoms with Crippen molar-refractivity contribution >= 4 is 21.6 Å². The van der Waals surface area contributed by atoms with E-state index >= 15 is 0 Å². The zero-order valence-corrected chi connectivity index (χ0v) is 15.9. The van der Waals surface area contributed by atoms with Crippen LogP contribution >= 0.6 is 0 Å². The SMILES string of the molecule is COC(=O)C1CC(S(C)(=O)=O)CN1c1cc(C)nn1Cc1ccccc1. The first-order valence-corrected chi connectivity index (χ1v) is 10.4. The molecular weight excluding hydrogens is 354 g/mol. The maximum absolute atomic E-state index is 12.3. The van der Waals surface area contributed by atoms with Crippen LogP contribution in [0.15, 0.2) is 36.4 Å². The Labute approximate surface area is 153 Å². The normalized spacial score (nSPS) is 20.3. The molecule has 1 aliphatic heterocycles. The summed E-state index contributed by atoms with van der Waals surface area (Å²) < 4.78 is 30.8. The van der Waals surface area contributed by atoms with Crippen molar-refractivity contribution in [3.63, 3.8) is 0 Å². The molecule has 2 atom stereocenters. The van der Waals surface area contributed by atoms with Gasteiger partial charge in [0.2, 0.25) is 0 Å². The first kappa shape index (κ1) is 18.4. The van der Waals surface area contributed by atoms with Gasteiger partial charge in [0.25, 0.3) is 0 Å². The molecule has 2 aromatic rings. The van der Waals surface area contributed by atoms with E-state index in [4.69, 9.17) is 4.74 Å². The number of hydrogen-bond donors (Lipinski definition) is 0. The number of esters is 1. The van der Waals surface area contributed by atoms with Gasteiger partial charge in [-0.05, 0) is 18.9 Å². The average molecular weight is 377 g/mol. The number of hydrogen-bond acceptors (Lipinski definition) is 6. The van der Waals surface area contributed by atoms with E-state index in [9.17, 15) is 13.2 Å². The van der Waals surface area contributed by atoms with Crippen LogP contribution in [0.2, 0.25) is 0 Å². The minimum Gasteiger partial charge on any atom is -0.467 e. The standard InChI is InChI=1S/C18H23N3O4S/c1-13-9-17(21(19-13)11-14-7-5-4-6-8-14)20-12-15(26(3,23)24)10-16(20)18(22)25-2/h4-9,15-16H,10-12H2,1-3H3. The first-order chi connectivity index (χ1) is 12.3. The molecule has 7 nitrogen and oxygen atoms in total. The summed E-state index contributed by atoms with van der Waals surface area (Å²) in [5.74, 6) is 0.300. The van der Waals surface area contributed by atoms with Crippen molar-refractivity contribution in [2.75, 3.05) is 24.8 Å². The van der Waals surface area contributed by atoms with Gasteiger partial charge >= 0.3 is 5.97 Å². The Kier molecular flexibility index (Phi) is 5.04. The molecule has 0 N–H and O–H groups in total. The fourth-order valence-corrected chi connectivity index (χ4v) is 4.32. The Hall–Kier alpha value is -2.35. The van der Waals surface area contributed by atoms with Gasteiger partial charge in [0.15, 0.2) is 9.84 Å². The fourth-order valence-electron chi connectivity index (χ4n) is 3.36. The molecular formula is C18H23N3O4S. The second-order valence-electron chi connectivity index (χ2n) is 6.67. The third-order valence-corrected chi connectivity index (χ3v) is 6.24. The van der Waals surface area contributed by atoms with Gasteiger partial charge < -0.3 is 9.64 Å². The summed E-state index contributed by atoms with van der Waals surface area (Å²) in [6, 6.07) is 11.1. The second-order valence-corrected chi connectivity index (χ2v) is 8.99. The largest absolute Gasteiger partial charge is 0.467 e. The third kappa shape index (κ3) is 3.75. The minimum atomic E-state index is -3.26. The highest BCUT2D eigenvalue weighted by atomic mass is 32.2. The average Bonchev–Trinajstić information content (AvgIpc) is 3.18. The first-order valence-electron chi connectivity index (χ1n) is 8.41. The van der Waals surface area contributed by atoms with E-state index in [1.54, 1.807) is 4.90 Å². The van der Waals surface area contributed by atoms with Crippen molar-refractivity contribution < 1.29 is 17.9 Å². The lowest BCUT2D eigenvalue weighted by Gasteiger charge is -2.25. The fraction of sp³-hybridized carbons (Fsp3) is 0.444. The zero-order chi connectivity index (χ0) is 18.9. The number of sulfone groups is 1. The van der Waals surface area contributed by atoms with Crippen LogP contribution in [0.5, 0.6) is 0 Å². The van der Waals surface area contributed by atoms with Crippen LogP contribution in [0, 0.1) is 6.92 Å². The van der Waals surface area contributed by atoms with Gasteiger partial charge in [-0.25, -0.2) is 17.9 Å². The summed E-state index contributed by atoms with van der Waals surface area (Å²) >= 11 is 0. The quantitative estimate of drug-likeness (QED) is 0.733. The van der Waals surface area contributed by atoms with Crippen LogP contribution in [-0.2, 0) is 25.9 Å². The molecule has 0 aliphatic carbocycles. The number of rotatable bonds is 5. The molecule has 8 heteroatoms. The van der Waals surface area contributed by atoms with Crippen LogP contribution in [0.3, 0.4) is 0 Å². The summed E-state index contributed by atoms with van der Waals surface area (Å²) in [6.45, 7) is 2.67. The van der Waals surface area contributed by atoms with Gasteiger partial charge in [0, 0.05) is 18.9 Å². The lowest BCUT2D eigenvalue weighted by Crippen LogP contribution is -2.38. The maximum Gasteiger partial charge on any atom is 0.328 e. The highest BCUT2D eigenvalue weighted by molar-refractivity contribution is 7.91. The van der Waals surface area contributed by atoms with Crippen molar-refractivity contribution in [2.45, 2.75) is 31.2 Å². The number of carbonyl (C=O) groups is 1. The van der Waals surface area contributed by atoms with Gasteiger partial charge in [-0.15, -0.1) is 0 Å². The number of methoxy groups -OCH3 is 1. The smallest absolute Gasteiger partial charge is 0.328 e. The van der Waals surface area contributed by atoms with E-state index in [1.165, 1.54) is 13.4 Å². The lowest BCUT2D eigenvalue weighted by atomic mass is 10.2. The molecule has 1 aliphatic rings. The van der Waals surface area contributed by atoms with E-state index in [0.717, 1.165) is 17.1 Å². The molecule has 26 heavy (non-hydrogen) atoms. The molecule has 0 bridgehead atoms. The maximum atomic E-state index is 12.3.